The fourth-order valence-corrected chi connectivity index (χ4v) is 5.76. The minimum atomic E-state index is -0.396. The highest BCUT2D eigenvalue weighted by Gasteiger charge is 2.35. The van der Waals surface area contributed by atoms with Crippen LogP contribution in [0.5, 0.6) is 0 Å². The summed E-state index contributed by atoms with van der Waals surface area (Å²) in [5, 5.41) is 19.0. The van der Waals surface area contributed by atoms with Crippen LogP contribution in [0.15, 0.2) is 35.2 Å². The van der Waals surface area contributed by atoms with Gasteiger partial charge in [-0.15, -0.1) is 23.5 Å². The molecule has 1 saturated heterocycles. The number of rotatable bonds is 6. The molecule has 0 spiro atoms. The smallest absolute Gasteiger partial charge is 0.0682 e. The van der Waals surface area contributed by atoms with Gasteiger partial charge in [0, 0.05) is 11.5 Å². The van der Waals surface area contributed by atoms with E-state index in [1.54, 1.807) is 0 Å². The van der Waals surface area contributed by atoms with Crippen LogP contribution >= 0.6 is 23.5 Å². The summed E-state index contributed by atoms with van der Waals surface area (Å²) < 4.78 is 0.0776. The highest BCUT2D eigenvalue weighted by molar-refractivity contribution is 8.18. The zero-order valence-corrected chi connectivity index (χ0v) is 12.8. The van der Waals surface area contributed by atoms with Crippen LogP contribution < -0.4 is 0 Å². The third kappa shape index (κ3) is 4.71. The molecule has 0 amide bonds. The lowest BCUT2D eigenvalue weighted by atomic mass is 10.1. The average molecular weight is 298 g/mol. The molecule has 1 heterocycles. The van der Waals surface area contributed by atoms with Gasteiger partial charge in [0.25, 0.3) is 0 Å². The molecule has 1 aromatic rings. The van der Waals surface area contributed by atoms with Crippen molar-refractivity contribution >= 4 is 23.5 Å². The molecule has 1 aromatic carbocycles. The summed E-state index contributed by atoms with van der Waals surface area (Å²) in [6, 6.07) is 10.4. The molecule has 2 N–H and O–H groups in total. The maximum absolute atomic E-state index is 10.1. The summed E-state index contributed by atoms with van der Waals surface area (Å²) in [7, 11) is 0. The van der Waals surface area contributed by atoms with Gasteiger partial charge < -0.3 is 10.2 Å². The van der Waals surface area contributed by atoms with E-state index >= 15 is 0 Å². The standard InChI is InChI=1S/C15H22O2S2/c16-10-8-13(17)12-15(9-4-5-11-18-15)19-14-6-2-1-3-7-14/h1-3,6-7,13,16-17H,4-5,8-12H2/t13-,15+/m1/s1. The highest BCUT2D eigenvalue weighted by Crippen LogP contribution is 2.51. The van der Waals surface area contributed by atoms with Gasteiger partial charge in [0.2, 0.25) is 0 Å². The second-order valence-electron chi connectivity index (χ2n) is 5.00. The second kappa shape index (κ2) is 7.58. The molecule has 106 valence electrons. The third-order valence-corrected chi connectivity index (χ3v) is 6.62. The first kappa shape index (κ1) is 15.2. The minimum Gasteiger partial charge on any atom is -0.396 e. The maximum Gasteiger partial charge on any atom is 0.0682 e. The molecule has 0 aromatic heterocycles. The molecule has 0 radical (unpaired) electrons. The van der Waals surface area contributed by atoms with E-state index < -0.39 is 6.10 Å². The van der Waals surface area contributed by atoms with Crippen molar-refractivity contribution in [1.82, 2.24) is 0 Å². The predicted octanol–water partition coefficient (Wildman–Crippen LogP) is 3.53. The highest BCUT2D eigenvalue weighted by atomic mass is 32.2. The van der Waals surface area contributed by atoms with Crippen LogP contribution in [0, 0.1) is 0 Å². The third-order valence-electron chi connectivity index (χ3n) is 3.37. The Hall–Kier alpha value is -0.160. The van der Waals surface area contributed by atoms with Crippen LogP contribution in [0.1, 0.15) is 32.1 Å². The Labute approximate surface area is 124 Å². The molecule has 0 bridgehead atoms. The predicted molar refractivity (Wildman–Crippen MR) is 83.7 cm³/mol. The Morgan fingerprint density at radius 2 is 2.05 bits per heavy atom. The summed E-state index contributed by atoms with van der Waals surface area (Å²) in [5.74, 6) is 1.17. The zero-order chi connectivity index (χ0) is 13.6. The molecular formula is C15H22O2S2. The summed E-state index contributed by atoms with van der Waals surface area (Å²) >= 11 is 3.87. The van der Waals surface area contributed by atoms with Gasteiger partial charge in [-0.05, 0) is 43.6 Å². The van der Waals surface area contributed by atoms with Gasteiger partial charge in [-0.2, -0.15) is 0 Å². The van der Waals surface area contributed by atoms with Gasteiger partial charge in [0.15, 0.2) is 0 Å². The molecule has 1 fully saturated rings. The van der Waals surface area contributed by atoms with Gasteiger partial charge in [-0.1, -0.05) is 24.6 Å². The number of benzene rings is 1. The van der Waals surface area contributed by atoms with Gasteiger partial charge in [0.05, 0.1) is 10.2 Å². The van der Waals surface area contributed by atoms with E-state index in [1.165, 1.54) is 23.5 Å². The normalized spacial score (nSPS) is 25.2. The number of aliphatic hydroxyl groups excluding tert-OH is 2. The Morgan fingerprint density at radius 1 is 1.26 bits per heavy atom. The summed E-state index contributed by atoms with van der Waals surface area (Å²) in [6.45, 7) is 0.0674. The van der Waals surface area contributed by atoms with Crippen LogP contribution in [0.25, 0.3) is 0 Å². The topological polar surface area (TPSA) is 40.5 Å². The SMILES string of the molecule is OCC[C@@H](O)C[C@@]1(Sc2ccccc2)CCCCS1. The minimum absolute atomic E-state index is 0.0674. The van der Waals surface area contributed by atoms with Crippen molar-refractivity contribution in [3.05, 3.63) is 30.3 Å². The first-order valence-corrected chi connectivity index (χ1v) is 8.71. The second-order valence-corrected chi connectivity index (χ2v) is 8.20. The molecule has 19 heavy (non-hydrogen) atoms. The van der Waals surface area contributed by atoms with E-state index in [-0.39, 0.29) is 10.7 Å². The largest absolute Gasteiger partial charge is 0.396 e. The quantitative estimate of drug-likeness (QED) is 0.843. The average Bonchev–Trinajstić information content (AvgIpc) is 2.40. The first-order chi connectivity index (χ1) is 9.24. The van der Waals surface area contributed by atoms with E-state index in [0.29, 0.717) is 6.42 Å². The lowest BCUT2D eigenvalue weighted by Crippen LogP contribution is -2.30. The molecule has 1 aliphatic heterocycles. The van der Waals surface area contributed by atoms with Crippen molar-refractivity contribution in [3.8, 4) is 0 Å². The number of hydrogen-bond acceptors (Lipinski definition) is 4. The summed E-state index contributed by atoms with van der Waals surface area (Å²) in [6.07, 6.45) is 4.50. The van der Waals surface area contributed by atoms with Crippen LogP contribution in [0.4, 0.5) is 0 Å². The van der Waals surface area contributed by atoms with Crippen molar-refractivity contribution < 1.29 is 10.2 Å². The molecule has 0 unspecified atom stereocenters. The van der Waals surface area contributed by atoms with E-state index in [9.17, 15) is 5.11 Å². The molecule has 2 nitrogen and oxygen atoms in total. The first-order valence-electron chi connectivity index (χ1n) is 6.91. The van der Waals surface area contributed by atoms with Crippen LogP contribution in [-0.2, 0) is 0 Å². The number of aliphatic hydroxyl groups is 2. The Morgan fingerprint density at radius 3 is 2.68 bits per heavy atom. The summed E-state index contributed by atoms with van der Waals surface area (Å²) in [4.78, 5) is 1.27. The van der Waals surface area contributed by atoms with E-state index in [0.717, 1.165) is 12.8 Å². The zero-order valence-electron chi connectivity index (χ0n) is 11.1. The lowest BCUT2D eigenvalue weighted by molar-refractivity contribution is 0.121. The van der Waals surface area contributed by atoms with Crippen LogP contribution in [0.2, 0.25) is 0 Å². The van der Waals surface area contributed by atoms with E-state index in [1.807, 2.05) is 29.6 Å². The Bertz CT molecular complexity index is 364. The van der Waals surface area contributed by atoms with Crippen molar-refractivity contribution in [1.29, 1.82) is 0 Å². The summed E-state index contributed by atoms with van der Waals surface area (Å²) in [5.41, 5.74) is 0. The van der Waals surface area contributed by atoms with Crippen molar-refractivity contribution in [2.24, 2.45) is 0 Å². The monoisotopic (exact) mass is 298 g/mol. The number of thioether (sulfide) groups is 2. The van der Waals surface area contributed by atoms with Gasteiger partial charge in [-0.3, -0.25) is 0 Å². The number of hydrogen-bond donors (Lipinski definition) is 2. The molecule has 1 aliphatic rings. The Balaban J connectivity index is 2.05. The fraction of sp³-hybridized carbons (Fsp3) is 0.600. The molecule has 0 saturated carbocycles. The molecule has 2 atom stereocenters. The van der Waals surface area contributed by atoms with Gasteiger partial charge >= 0.3 is 0 Å². The van der Waals surface area contributed by atoms with Gasteiger partial charge in [0.1, 0.15) is 0 Å². The van der Waals surface area contributed by atoms with Crippen molar-refractivity contribution in [2.75, 3.05) is 12.4 Å². The lowest BCUT2D eigenvalue weighted by Gasteiger charge is -2.37. The van der Waals surface area contributed by atoms with E-state index in [2.05, 4.69) is 24.3 Å². The van der Waals surface area contributed by atoms with Crippen molar-refractivity contribution in [3.63, 3.8) is 0 Å². The van der Waals surface area contributed by atoms with Crippen molar-refractivity contribution in [2.45, 2.75) is 47.2 Å². The molecular weight excluding hydrogens is 276 g/mol. The van der Waals surface area contributed by atoms with E-state index in [4.69, 9.17) is 5.11 Å². The van der Waals surface area contributed by atoms with Gasteiger partial charge in [-0.25, -0.2) is 0 Å². The molecule has 4 heteroatoms. The molecule has 2 rings (SSSR count). The Kier molecular flexibility index (Phi) is 6.07. The molecule has 0 aliphatic carbocycles. The fourth-order valence-electron chi connectivity index (χ4n) is 2.42. The van der Waals surface area contributed by atoms with Crippen LogP contribution in [-0.4, -0.2) is 32.8 Å². The maximum atomic E-state index is 10.1. The van der Waals surface area contributed by atoms with Crippen LogP contribution in [0.3, 0.4) is 0 Å².